The summed E-state index contributed by atoms with van der Waals surface area (Å²) in [5.41, 5.74) is 0. The van der Waals surface area contributed by atoms with Gasteiger partial charge < -0.3 is 38.7 Å². The lowest BCUT2D eigenvalue weighted by Crippen LogP contribution is -2.71. The maximum atomic E-state index is 12.9. The lowest BCUT2D eigenvalue weighted by atomic mass is 9.94. The van der Waals surface area contributed by atoms with Gasteiger partial charge in [-0.25, -0.2) is 4.79 Å². The molecule has 0 radical (unpaired) electrons. The molecule has 220 valence electrons. The summed E-state index contributed by atoms with van der Waals surface area (Å²) in [4.78, 5) is 37.1. The fraction of sp³-hybridized carbons (Fsp3) is 0.885. The van der Waals surface area contributed by atoms with Crippen LogP contribution in [0.2, 0.25) is 18.1 Å². The summed E-state index contributed by atoms with van der Waals surface area (Å²) in [5, 5.41) is 5.42. The first kappa shape index (κ1) is 32.6. The Bertz CT molecular complexity index is 864. The number of esters is 1. The van der Waals surface area contributed by atoms with Gasteiger partial charge in [0.2, 0.25) is 11.8 Å². The van der Waals surface area contributed by atoms with E-state index in [0.29, 0.717) is 5.92 Å². The number of hydrogen-bond acceptors (Lipinski definition) is 9. The van der Waals surface area contributed by atoms with Gasteiger partial charge in [0.1, 0.15) is 36.5 Å². The summed E-state index contributed by atoms with van der Waals surface area (Å²) in [6.45, 7) is 21.2. The zero-order chi connectivity index (χ0) is 29.2. The molecule has 2 N–H and O–H groups in total. The molecule has 0 bridgehead atoms. The molecule has 0 spiro atoms. The van der Waals surface area contributed by atoms with Crippen LogP contribution in [0.4, 0.5) is 0 Å². The molecular formula is C26H48N2O9Si. The van der Waals surface area contributed by atoms with E-state index >= 15 is 0 Å². The number of amides is 2. The van der Waals surface area contributed by atoms with E-state index in [1.54, 1.807) is 20.8 Å². The van der Waals surface area contributed by atoms with Gasteiger partial charge in [-0.2, -0.15) is 0 Å². The number of carbonyl (C=O) groups is 3. The van der Waals surface area contributed by atoms with Gasteiger partial charge in [-0.1, -0.05) is 27.7 Å². The minimum absolute atomic E-state index is 0.122. The highest BCUT2D eigenvalue weighted by molar-refractivity contribution is 6.74. The number of nitrogens with one attached hydrogen (secondary N) is 2. The predicted molar refractivity (Wildman–Crippen MR) is 143 cm³/mol. The Morgan fingerprint density at radius 3 is 2.24 bits per heavy atom. The van der Waals surface area contributed by atoms with Crippen LogP contribution in [0.25, 0.3) is 0 Å². The Balaban J connectivity index is 2.42. The standard InChI is InChI=1S/C26H48N2O9Si/c1-14(2)25(6,7)38(11,12)37-24-19(28-17(5)29)21(20-18(35-24)13-33-26(8,9)36-20)34-16(4)22(30)27-15(3)23(31)32-10/h14-16,18-21,24H,13H2,1-12H3,(H,27,30)(H,28,29)/t15-,16+,18+,19+,20+,21+,24-/m0/s1. The molecule has 2 amide bonds. The van der Waals surface area contributed by atoms with Crippen molar-refractivity contribution >= 4 is 26.1 Å². The third-order valence-electron chi connectivity index (χ3n) is 8.08. The van der Waals surface area contributed by atoms with Crippen LogP contribution in [0.15, 0.2) is 0 Å². The Hall–Kier alpha value is -1.57. The summed E-state index contributed by atoms with van der Waals surface area (Å²) in [6.07, 6.45) is -3.88. The fourth-order valence-corrected chi connectivity index (χ4v) is 6.95. The molecule has 2 aliphatic rings. The molecule has 38 heavy (non-hydrogen) atoms. The fourth-order valence-electron chi connectivity index (χ4n) is 4.48. The van der Waals surface area contributed by atoms with E-state index in [1.807, 2.05) is 0 Å². The first-order valence-electron chi connectivity index (χ1n) is 13.3. The normalized spacial score (nSPS) is 29.1. The smallest absolute Gasteiger partial charge is 0.328 e. The molecule has 0 unspecified atom stereocenters. The average molecular weight is 561 g/mol. The lowest BCUT2D eigenvalue weighted by Gasteiger charge is -2.53. The molecule has 12 heteroatoms. The van der Waals surface area contributed by atoms with Crippen molar-refractivity contribution in [2.45, 2.75) is 129 Å². The topological polar surface area (TPSA) is 131 Å². The second-order valence-electron chi connectivity index (χ2n) is 12.1. The number of carbonyl (C=O) groups excluding carboxylic acids is 3. The number of ether oxygens (including phenoxy) is 5. The largest absolute Gasteiger partial charge is 0.467 e. The molecule has 0 aliphatic carbocycles. The average Bonchev–Trinajstić information content (AvgIpc) is 2.79. The van der Waals surface area contributed by atoms with Gasteiger partial charge in [-0.3, -0.25) is 9.59 Å². The quantitative estimate of drug-likeness (QED) is 0.306. The summed E-state index contributed by atoms with van der Waals surface area (Å²) in [7, 11) is -1.18. The van der Waals surface area contributed by atoms with Crippen LogP contribution in [-0.2, 0) is 42.5 Å². The maximum absolute atomic E-state index is 12.9. The van der Waals surface area contributed by atoms with Crippen molar-refractivity contribution in [2.75, 3.05) is 13.7 Å². The van der Waals surface area contributed by atoms with Crippen LogP contribution in [0, 0.1) is 5.92 Å². The minimum atomic E-state index is -2.43. The predicted octanol–water partition coefficient (Wildman–Crippen LogP) is 2.48. The van der Waals surface area contributed by atoms with Gasteiger partial charge in [0.25, 0.3) is 0 Å². The van der Waals surface area contributed by atoms with Crippen molar-refractivity contribution in [3.8, 4) is 0 Å². The van der Waals surface area contributed by atoms with Gasteiger partial charge in [-0.05, 0) is 51.7 Å². The van der Waals surface area contributed by atoms with Crippen LogP contribution in [0.1, 0.15) is 62.3 Å². The van der Waals surface area contributed by atoms with Crippen molar-refractivity contribution in [3.63, 3.8) is 0 Å². The summed E-state index contributed by atoms with van der Waals surface area (Å²) in [6, 6.07) is -1.63. The van der Waals surface area contributed by atoms with Crippen LogP contribution in [0.3, 0.4) is 0 Å². The van der Waals surface area contributed by atoms with E-state index in [0.717, 1.165) is 0 Å². The molecule has 0 aromatic carbocycles. The number of fused-ring (bicyclic) bond motifs is 1. The first-order valence-corrected chi connectivity index (χ1v) is 16.2. The molecule has 0 aromatic rings. The van der Waals surface area contributed by atoms with Crippen LogP contribution >= 0.6 is 0 Å². The molecule has 0 saturated carbocycles. The lowest BCUT2D eigenvalue weighted by molar-refractivity contribution is -0.367. The van der Waals surface area contributed by atoms with E-state index in [1.165, 1.54) is 21.0 Å². The van der Waals surface area contributed by atoms with Gasteiger partial charge in [0, 0.05) is 6.92 Å². The highest BCUT2D eigenvalue weighted by Gasteiger charge is 2.56. The van der Waals surface area contributed by atoms with Crippen LogP contribution in [-0.4, -0.2) is 88.4 Å². The number of hydrogen-bond donors (Lipinski definition) is 2. The monoisotopic (exact) mass is 560 g/mol. The zero-order valence-electron chi connectivity index (χ0n) is 25.0. The second-order valence-corrected chi connectivity index (χ2v) is 16.6. The molecular weight excluding hydrogens is 512 g/mol. The molecule has 2 saturated heterocycles. The third-order valence-corrected chi connectivity index (χ3v) is 12.6. The van der Waals surface area contributed by atoms with E-state index < -0.39 is 68.8 Å². The Morgan fingerprint density at radius 1 is 1.11 bits per heavy atom. The molecule has 2 rings (SSSR count). The van der Waals surface area contributed by atoms with Crippen LogP contribution in [0.5, 0.6) is 0 Å². The Morgan fingerprint density at radius 2 is 1.71 bits per heavy atom. The van der Waals surface area contributed by atoms with Crippen molar-refractivity contribution in [3.05, 3.63) is 0 Å². The molecule has 7 atom stereocenters. The molecule has 2 aliphatic heterocycles. The van der Waals surface area contributed by atoms with Crippen molar-refractivity contribution < 1.29 is 42.5 Å². The highest BCUT2D eigenvalue weighted by Crippen LogP contribution is 2.46. The minimum Gasteiger partial charge on any atom is -0.467 e. The van der Waals surface area contributed by atoms with Crippen LogP contribution < -0.4 is 10.6 Å². The summed E-state index contributed by atoms with van der Waals surface area (Å²) in [5.74, 6) is -1.97. The zero-order valence-corrected chi connectivity index (χ0v) is 26.0. The van der Waals surface area contributed by atoms with Crippen molar-refractivity contribution in [2.24, 2.45) is 5.92 Å². The van der Waals surface area contributed by atoms with E-state index in [9.17, 15) is 14.4 Å². The van der Waals surface area contributed by atoms with Gasteiger partial charge in [0.15, 0.2) is 20.4 Å². The van der Waals surface area contributed by atoms with E-state index in [-0.39, 0.29) is 17.6 Å². The second kappa shape index (κ2) is 12.3. The van der Waals surface area contributed by atoms with Crippen molar-refractivity contribution in [1.29, 1.82) is 0 Å². The van der Waals surface area contributed by atoms with Gasteiger partial charge in [-0.15, -0.1) is 0 Å². The molecule has 2 heterocycles. The van der Waals surface area contributed by atoms with Crippen molar-refractivity contribution in [1.82, 2.24) is 10.6 Å². The molecule has 0 aromatic heterocycles. The van der Waals surface area contributed by atoms with Gasteiger partial charge >= 0.3 is 5.97 Å². The first-order chi connectivity index (χ1) is 17.3. The third kappa shape index (κ3) is 7.54. The summed E-state index contributed by atoms with van der Waals surface area (Å²) >= 11 is 0. The highest BCUT2D eigenvalue weighted by atomic mass is 28.4. The van der Waals surface area contributed by atoms with E-state index in [4.69, 9.17) is 28.1 Å². The number of methoxy groups -OCH3 is 1. The molecule has 2 fully saturated rings. The maximum Gasteiger partial charge on any atom is 0.328 e. The Kier molecular flexibility index (Phi) is 10.6. The molecule has 11 nitrogen and oxygen atoms in total. The van der Waals surface area contributed by atoms with Gasteiger partial charge in [0.05, 0.1) is 13.7 Å². The number of rotatable bonds is 10. The summed E-state index contributed by atoms with van der Waals surface area (Å²) < 4.78 is 36.3. The Labute approximate surface area is 228 Å². The SMILES string of the molecule is COC(=O)[C@H](C)NC(=O)[C@@H](C)O[C@@H]1[C@@H](NC(C)=O)[C@H](O[Si](C)(C)C(C)(C)C(C)C)O[C@@H]2COC(C)(C)O[C@@H]12. The van der Waals surface area contributed by atoms with E-state index in [2.05, 4.69) is 51.4 Å².